The number of ketones is 1. The minimum atomic E-state index is -0.0231. The number of Topliss-reactive ketones (excluding diaryl/α,β-unsaturated/α-hetero) is 1. The molecule has 6 nitrogen and oxygen atoms in total. The van der Waals surface area contributed by atoms with Crippen molar-refractivity contribution >= 4 is 11.7 Å². The largest absolute Gasteiger partial charge is 0.381 e. The van der Waals surface area contributed by atoms with Crippen LogP contribution >= 0.6 is 0 Å². The molecule has 0 fully saturated rings. The Morgan fingerprint density at radius 2 is 2.00 bits per heavy atom. The number of amides is 1. The first-order valence-electron chi connectivity index (χ1n) is 11.6. The highest BCUT2D eigenvalue weighted by atomic mass is 16.5. The lowest BCUT2D eigenvalue weighted by Gasteiger charge is -2.10. The van der Waals surface area contributed by atoms with Crippen molar-refractivity contribution in [1.29, 1.82) is 0 Å². The summed E-state index contributed by atoms with van der Waals surface area (Å²) in [5, 5.41) is 7.77. The van der Waals surface area contributed by atoms with Gasteiger partial charge in [0.1, 0.15) is 0 Å². The molecule has 2 aromatic rings. The zero-order valence-electron chi connectivity index (χ0n) is 19.1. The minimum Gasteiger partial charge on any atom is -0.381 e. The first kappa shape index (κ1) is 23.2. The SMILES string of the molecule is CCc1nn(CCCCC(=O)c2ccc(C)cc2C)c2c1C(=O)NCCCOCCC2. The number of aromatic nitrogens is 2. The van der Waals surface area contributed by atoms with Crippen LogP contribution in [-0.2, 0) is 24.1 Å². The predicted octanol–water partition coefficient (Wildman–Crippen LogP) is 4.20. The molecule has 0 bridgehead atoms. The summed E-state index contributed by atoms with van der Waals surface area (Å²) in [7, 11) is 0. The Hall–Kier alpha value is -2.47. The second-order valence-corrected chi connectivity index (χ2v) is 8.37. The molecular formula is C25H35N3O3. The molecule has 0 saturated carbocycles. The van der Waals surface area contributed by atoms with E-state index in [1.807, 2.05) is 37.6 Å². The highest BCUT2D eigenvalue weighted by Gasteiger charge is 2.22. The van der Waals surface area contributed by atoms with Gasteiger partial charge in [0.2, 0.25) is 0 Å². The van der Waals surface area contributed by atoms with Gasteiger partial charge in [-0.1, -0.05) is 30.7 Å². The standard InChI is InChI=1S/C25H35N3O3/c1-4-21-24-22(9-7-15-31-16-8-13-26-25(24)30)28(27-21)14-6-5-10-23(29)20-12-11-18(2)17-19(20)3/h11-12,17H,4-10,13-16H2,1-3H3,(H,26,30). The van der Waals surface area contributed by atoms with Gasteiger partial charge in [-0.25, -0.2) is 0 Å². The number of carbonyl (C=O) groups is 2. The van der Waals surface area contributed by atoms with Crippen molar-refractivity contribution in [2.75, 3.05) is 19.8 Å². The fourth-order valence-electron chi connectivity index (χ4n) is 4.22. The van der Waals surface area contributed by atoms with Crippen molar-refractivity contribution in [3.8, 4) is 0 Å². The van der Waals surface area contributed by atoms with Gasteiger partial charge in [0, 0.05) is 38.3 Å². The molecule has 1 amide bonds. The third-order valence-corrected chi connectivity index (χ3v) is 5.85. The highest BCUT2D eigenvalue weighted by Crippen LogP contribution is 2.20. The van der Waals surface area contributed by atoms with Gasteiger partial charge >= 0.3 is 0 Å². The number of hydrogen-bond acceptors (Lipinski definition) is 4. The van der Waals surface area contributed by atoms with Crippen LogP contribution in [0.25, 0.3) is 0 Å². The second kappa shape index (κ2) is 11.2. The maximum absolute atomic E-state index is 12.8. The number of unbranched alkanes of at least 4 members (excludes halogenated alkanes) is 1. The molecule has 1 N–H and O–H groups in total. The molecule has 0 atom stereocenters. The van der Waals surface area contributed by atoms with Gasteiger partial charge < -0.3 is 10.1 Å². The molecule has 0 unspecified atom stereocenters. The molecule has 0 saturated heterocycles. The average Bonchev–Trinajstić information content (AvgIpc) is 3.08. The number of rotatable bonds is 7. The van der Waals surface area contributed by atoms with Gasteiger partial charge in [-0.15, -0.1) is 0 Å². The maximum atomic E-state index is 12.8. The van der Waals surface area contributed by atoms with Crippen LogP contribution < -0.4 is 5.32 Å². The summed E-state index contributed by atoms with van der Waals surface area (Å²) >= 11 is 0. The topological polar surface area (TPSA) is 73.2 Å². The summed E-state index contributed by atoms with van der Waals surface area (Å²) in [6.07, 6.45) is 5.39. The first-order chi connectivity index (χ1) is 15.0. The van der Waals surface area contributed by atoms with E-state index in [9.17, 15) is 9.59 Å². The number of hydrogen-bond donors (Lipinski definition) is 1. The summed E-state index contributed by atoms with van der Waals surface area (Å²) < 4.78 is 7.65. The summed E-state index contributed by atoms with van der Waals surface area (Å²) in [6, 6.07) is 5.99. The molecule has 6 heteroatoms. The van der Waals surface area contributed by atoms with Crippen molar-refractivity contribution in [2.24, 2.45) is 0 Å². The van der Waals surface area contributed by atoms with E-state index in [1.165, 1.54) is 5.56 Å². The van der Waals surface area contributed by atoms with Crippen LogP contribution in [0.15, 0.2) is 18.2 Å². The number of fused-ring (bicyclic) bond motifs is 1. The van der Waals surface area contributed by atoms with Crippen LogP contribution in [0.5, 0.6) is 0 Å². The fourth-order valence-corrected chi connectivity index (χ4v) is 4.22. The van der Waals surface area contributed by atoms with Gasteiger partial charge in [0.25, 0.3) is 5.91 Å². The van der Waals surface area contributed by atoms with Crippen molar-refractivity contribution in [3.05, 3.63) is 51.8 Å². The number of benzene rings is 1. The zero-order valence-corrected chi connectivity index (χ0v) is 19.1. The Bertz CT molecular complexity index is 917. The lowest BCUT2D eigenvalue weighted by Crippen LogP contribution is -2.26. The number of ether oxygens (including phenoxy) is 1. The van der Waals surface area contributed by atoms with Gasteiger partial charge in [-0.2, -0.15) is 5.10 Å². The molecule has 0 spiro atoms. The van der Waals surface area contributed by atoms with E-state index in [4.69, 9.17) is 9.84 Å². The molecule has 0 radical (unpaired) electrons. The molecule has 1 aliphatic heterocycles. The maximum Gasteiger partial charge on any atom is 0.255 e. The van der Waals surface area contributed by atoms with E-state index >= 15 is 0 Å². The molecule has 1 aromatic heterocycles. The van der Waals surface area contributed by atoms with Gasteiger partial charge in [0.05, 0.1) is 17.0 Å². The number of nitrogens with zero attached hydrogens (tertiary/aromatic N) is 2. The van der Waals surface area contributed by atoms with Crippen LogP contribution in [0.2, 0.25) is 0 Å². The van der Waals surface area contributed by atoms with Crippen LogP contribution in [0.4, 0.5) is 0 Å². The summed E-state index contributed by atoms with van der Waals surface area (Å²) in [6.45, 7) is 8.79. The molecule has 1 aliphatic rings. The lowest BCUT2D eigenvalue weighted by atomic mass is 9.99. The Balaban J connectivity index is 1.65. The third-order valence-electron chi connectivity index (χ3n) is 5.85. The van der Waals surface area contributed by atoms with E-state index < -0.39 is 0 Å². The van der Waals surface area contributed by atoms with Crippen LogP contribution in [0.1, 0.15) is 82.3 Å². The Labute approximate surface area is 185 Å². The van der Waals surface area contributed by atoms with E-state index in [2.05, 4.69) is 11.4 Å². The number of nitrogens with one attached hydrogen (secondary N) is 1. The Morgan fingerprint density at radius 1 is 1.19 bits per heavy atom. The summed E-state index contributed by atoms with van der Waals surface area (Å²) in [5.74, 6) is 0.174. The van der Waals surface area contributed by atoms with Gasteiger partial charge in [0.15, 0.2) is 5.78 Å². The van der Waals surface area contributed by atoms with Crippen LogP contribution in [0, 0.1) is 13.8 Å². The van der Waals surface area contributed by atoms with Crippen molar-refractivity contribution in [3.63, 3.8) is 0 Å². The smallest absolute Gasteiger partial charge is 0.255 e. The van der Waals surface area contributed by atoms with E-state index in [-0.39, 0.29) is 11.7 Å². The normalized spacial score (nSPS) is 15.1. The number of aryl methyl sites for hydroxylation is 4. The predicted molar refractivity (Wildman–Crippen MR) is 122 cm³/mol. The van der Waals surface area contributed by atoms with Crippen molar-refractivity contribution in [2.45, 2.75) is 72.3 Å². The minimum absolute atomic E-state index is 0.0231. The second-order valence-electron chi connectivity index (χ2n) is 8.37. The quantitative estimate of drug-likeness (QED) is 0.533. The molecular weight excluding hydrogens is 390 g/mol. The third kappa shape index (κ3) is 6.03. The zero-order chi connectivity index (χ0) is 22.2. The monoisotopic (exact) mass is 425 g/mol. The van der Waals surface area contributed by atoms with Crippen LogP contribution in [0.3, 0.4) is 0 Å². The Morgan fingerprint density at radius 3 is 2.77 bits per heavy atom. The summed E-state index contributed by atoms with van der Waals surface area (Å²) in [4.78, 5) is 25.4. The van der Waals surface area contributed by atoms with Crippen LogP contribution in [-0.4, -0.2) is 41.2 Å². The average molecular weight is 426 g/mol. The van der Waals surface area contributed by atoms with E-state index in [0.717, 1.165) is 73.1 Å². The van der Waals surface area contributed by atoms with E-state index in [0.29, 0.717) is 26.2 Å². The molecule has 168 valence electrons. The van der Waals surface area contributed by atoms with Crippen molar-refractivity contribution in [1.82, 2.24) is 15.1 Å². The van der Waals surface area contributed by atoms with E-state index in [1.54, 1.807) is 0 Å². The first-order valence-corrected chi connectivity index (χ1v) is 11.6. The van der Waals surface area contributed by atoms with Crippen molar-refractivity contribution < 1.29 is 14.3 Å². The summed E-state index contributed by atoms with van der Waals surface area (Å²) in [5.41, 5.74) is 5.65. The fraction of sp³-hybridized carbons (Fsp3) is 0.560. The molecule has 31 heavy (non-hydrogen) atoms. The highest BCUT2D eigenvalue weighted by molar-refractivity contribution is 5.97. The molecule has 0 aliphatic carbocycles. The Kier molecular flexibility index (Phi) is 8.41. The molecule has 1 aromatic carbocycles. The molecule has 3 rings (SSSR count). The number of carbonyl (C=O) groups excluding carboxylic acids is 2. The molecule has 2 heterocycles. The van der Waals surface area contributed by atoms with Gasteiger partial charge in [-0.3, -0.25) is 14.3 Å². The lowest BCUT2D eigenvalue weighted by molar-refractivity contribution is 0.0941. The van der Waals surface area contributed by atoms with Gasteiger partial charge in [-0.05, 0) is 57.9 Å².